The molecule has 1 aromatic carbocycles. The lowest BCUT2D eigenvalue weighted by Crippen LogP contribution is -2.37. The van der Waals surface area contributed by atoms with Gasteiger partial charge < -0.3 is 10.6 Å². The highest BCUT2D eigenvalue weighted by Gasteiger charge is 2.40. The molecule has 0 spiro atoms. The molecular weight excluding hydrogens is 381 g/mol. The second-order valence-electron chi connectivity index (χ2n) is 8.10. The van der Waals surface area contributed by atoms with Crippen LogP contribution in [0, 0.1) is 18.7 Å². The summed E-state index contributed by atoms with van der Waals surface area (Å²) in [5.74, 6) is -0.732. The molecule has 0 unspecified atom stereocenters. The van der Waals surface area contributed by atoms with Gasteiger partial charge in [-0.25, -0.2) is 9.37 Å². The number of amides is 1. The second-order valence-corrected chi connectivity index (χ2v) is 8.10. The average molecular weight is 405 g/mol. The molecule has 30 heavy (non-hydrogen) atoms. The third-order valence-electron chi connectivity index (χ3n) is 5.59. The molecule has 2 aliphatic rings. The summed E-state index contributed by atoms with van der Waals surface area (Å²) in [4.78, 5) is 30.7. The van der Waals surface area contributed by atoms with Crippen molar-refractivity contribution in [2.24, 2.45) is 5.92 Å². The van der Waals surface area contributed by atoms with Crippen LogP contribution in [0.4, 0.5) is 10.2 Å². The quantitative estimate of drug-likeness (QED) is 0.795. The summed E-state index contributed by atoms with van der Waals surface area (Å²) < 4.78 is 14.1. The number of nitrogens with zero attached hydrogens (tertiary/aromatic N) is 1. The molecule has 0 saturated heterocycles. The Morgan fingerprint density at radius 3 is 2.67 bits per heavy atom. The summed E-state index contributed by atoms with van der Waals surface area (Å²) in [6, 6.07) is 11.5. The predicted molar refractivity (Wildman–Crippen MR) is 113 cm³/mol. The average Bonchev–Trinajstić information content (AvgIpc) is 2.66. The Balaban J connectivity index is 1.80. The number of benzene rings is 1. The Kier molecular flexibility index (Phi) is 5.24. The van der Waals surface area contributed by atoms with E-state index in [0.29, 0.717) is 34.6 Å². The normalized spacial score (nSPS) is 21.3. The van der Waals surface area contributed by atoms with Gasteiger partial charge in [0.05, 0.1) is 0 Å². The number of ketones is 1. The van der Waals surface area contributed by atoms with Crippen LogP contribution in [0.3, 0.4) is 0 Å². The van der Waals surface area contributed by atoms with Crippen molar-refractivity contribution in [1.29, 1.82) is 0 Å². The van der Waals surface area contributed by atoms with Crippen LogP contribution in [-0.2, 0) is 9.59 Å². The monoisotopic (exact) mass is 405 g/mol. The highest BCUT2D eigenvalue weighted by atomic mass is 19.1. The number of Topliss-reactive ketones (excluding diaryl/α,β-unsaturated/α-hetero) is 1. The van der Waals surface area contributed by atoms with Gasteiger partial charge in [-0.3, -0.25) is 9.59 Å². The zero-order valence-corrected chi connectivity index (χ0v) is 17.3. The number of hydrogen-bond acceptors (Lipinski definition) is 4. The fourth-order valence-corrected chi connectivity index (χ4v) is 4.35. The van der Waals surface area contributed by atoms with E-state index >= 15 is 0 Å². The number of halogens is 1. The molecule has 2 N–H and O–H groups in total. The first-order chi connectivity index (χ1) is 14.3. The first kappa shape index (κ1) is 20.0. The number of dihydropyridines is 1. The van der Waals surface area contributed by atoms with Crippen molar-refractivity contribution in [2.45, 2.75) is 39.5 Å². The van der Waals surface area contributed by atoms with Gasteiger partial charge in [-0.15, -0.1) is 0 Å². The number of carbonyl (C=O) groups excluding carboxylic acids is 2. The summed E-state index contributed by atoms with van der Waals surface area (Å²) in [7, 11) is 0. The maximum absolute atomic E-state index is 14.1. The van der Waals surface area contributed by atoms with Gasteiger partial charge in [0.2, 0.25) is 0 Å². The van der Waals surface area contributed by atoms with Crippen LogP contribution >= 0.6 is 0 Å². The Labute approximate surface area is 175 Å². The van der Waals surface area contributed by atoms with Crippen molar-refractivity contribution in [2.75, 3.05) is 5.32 Å². The molecule has 0 radical (unpaired) electrons. The summed E-state index contributed by atoms with van der Waals surface area (Å²) in [6.07, 6.45) is 1.14. The van der Waals surface area contributed by atoms with Crippen molar-refractivity contribution in [3.63, 3.8) is 0 Å². The van der Waals surface area contributed by atoms with Gasteiger partial charge in [-0.05, 0) is 56.0 Å². The number of hydrogen-bond donors (Lipinski definition) is 2. The van der Waals surface area contributed by atoms with Crippen LogP contribution in [0.5, 0.6) is 0 Å². The lowest BCUT2D eigenvalue weighted by molar-refractivity contribution is -0.117. The van der Waals surface area contributed by atoms with Crippen LogP contribution in [0.15, 0.2) is 65.0 Å². The van der Waals surface area contributed by atoms with Crippen molar-refractivity contribution in [1.82, 2.24) is 10.3 Å². The van der Waals surface area contributed by atoms with Gasteiger partial charge in [0.1, 0.15) is 11.6 Å². The zero-order valence-electron chi connectivity index (χ0n) is 17.3. The summed E-state index contributed by atoms with van der Waals surface area (Å²) >= 11 is 0. The largest absolute Gasteiger partial charge is 0.362 e. The summed E-state index contributed by atoms with van der Waals surface area (Å²) in [5, 5.41) is 6.13. The van der Waals surface area contributed by atoms with E-state index in [1.807, 2.05) is 32.9 Å². The fraction of sp³-hybridized carbons (Fsp3) is 0.292. The number of aryl methyl sites for hydroxylation is 1. The molecule has 154 valence electrons. The molecule has 5 nitrogen and oxygen atoms in total. The third-order valence-corrected chi connectivity index (χ3v) is 5.59. The van der Waals surface area contributed by atoms with E-state index in [-0.39, 0.29) is 17.6 Å². The molecule has 4 rings (SSSR count). The van der Waals surface area contributed by atoms with E-state index in [1.165, 1.54) is 12.1 Å². The minimum Gasteiger partial charge on any atom is -0.362 e. The van der Waals surface area contributed by atoms with Gasteiger partial charge in [0.15, 0.2) is 5.78 Å². The molecule has 2 aromatic rings. The molecule has 0 bridgehead atoms. The third kappa shape index (κ3) is 3.77. The Hall–Kier alpha value is -3.28. The highest BCUT2D eigenvalue weighted by Crippen LogP contribution is 2.43. The number of carbonyl (C=O) groups is 2. The van der Waals surface area contributed by atoms with Crippen molar-refractivity contribution in [3.8, 4) is 0 Å². The zero-order chi connectivity index (χ0) is 21.4. The van der Waals surface area contributed by atoms with Crippen molar-refractivity contribution >= 4 is 17.5 Å². The molecule has 0 fully saturated rings. The SMILES string of the molecule is CC1=C(C(=O)Nc2cccc(C)n2)[C@H](c2cccc(F)c2)C2=C(C[C@@H](C)CC2=O)N1. The first-order valence-electron chi connectivity index (χ1n) is 10.1. The van der Waals surface area contributed by atoms with Crippen LogP contribution in [0.25, 0.3) is 0 Å². The standard InChI is InChI=1S/C24H24FN3O2/c1-13-10-18-23(19(29)11-13)22(16-7-5-8-17(25)12-16)21(15(3)27-18)24(30)28-20-9-4-6-14(2)26-20/h4-9,12-13,22,27H,10-11H2,1-3H3,(H,26,28,30)/t13-,22+/m1/s1. The van der Waals surface area contributed by atoms with E-state index < -0.39 is 11.7 Å². The second kappa shape index (κ2) is 7.86. The summed E-state index contributed by atoms with van der Waals surface area (Å²) in [5.41, 5.74) is 3.83. The van der Waals surface area contributed by atoms with E-state index in [2.05, 4.69) is 15.6 Å². The molecule has 1 aromatic heterocycles. The predicted octanol–water partition coefficient (Wildman–Crippen LogP) is 4.38. The maximum Gasteiger partial charge on any atom is 0.255 e. The minimum absolute atomic E-state index is 0.00279. The molecule has 1 aliphatic carbocycles. The number of nitrogens with one attached hydrogen (secondary N) is 2. The number of aromatic nitrogens is 1. The maximum atomic E-state index is 14.1. The molecule has 0 saturated carbocycles. The van der Waals surface area contributed by atoms with E-state index in [1.54, 1.807) is 18.2 Å². The highest BCUT2D eigenvalue weighted by molar-refractivity contribution is 6.09. The van der Waals surface area contributed by atoms with Crippen molar-refractivity contribution < 1.29 is 14.0 Å². The van der Waals surface area contributed by atoms with Crippen LogP contribution < -0.4 is 10.6 Å². The molecule has 1 amide bonds. The van der Waals surface area contributed by atoms with E-state index in [9.17, 15) is 14.0 Å². The lowest BCUT2D eigenvalue weighted by atomic mass is 9.73. The molecule has 1 aliphatic heterocycles. The smallest absolute Gasteiger partial charge is 0.255 e. The van der Waals surface area contributed by atoms with E-state index in [4.69, 9.17) is 0 Å². The molecular formula is C24H24FN3O2. The number of anilines is 1. The Bertz CT molecular complexity index is 1100. The first-order valence-corrected chi connectivity index (χ1v) is 10.1. The Morgan fingerprint density at radius 1 is 1.17 bits per heavy atom. The van der Waals surface area contributed by atoms with Crippen LogP contribution in [-0.4, -0.2) is 16.7 Å². The molecule has 2 heterocycles. The number of rotatable bonds is 3. The fourth-order valence-electron chi connectivity index (χ4n) is 4.35. The minimum atomic E-state index is -0.623. The molecule has 6 heteroatoms. The van der Waals surface area contributed by atoms with Crippen molar-refractivity contribution in [3.05, 3.63) is 82.1 Å². The summed E-state index contributed by atoms with van der Waals surface area (Å²) in [6.45, 7) is 5.69. The van der Waals surface area contributed by atoms with Gasteiger partial charge >= 0.3 is 0 Å². The van der Waals surface area contributed by atoms with E-state index in [0.717, 1.165) is 17.8 Å². The van der Waals surface area contributed by atoms with Gasteiger partial charge in [-0.2, -0.15) is 0 Å². The number of pyridine rings is 1. The topological polar surface area (TPSA) is 71.1 Å². The van der Waals surface area contributed by atoms with Gasteiger partial charge in [-0.1, -0.05) is 25.1 Å². The van der Waals surface area contributed by atoms with Crippen LogP contribution in [0.1, 0.15) is 43.9 Å². The number of allylic oxidation sites excluding steroid dienone is 3. The van der Waals surface area contributed by atoms with Gasteiger partial charge in [0, 0.05) is 40.6 Å². The Morgan fingerprint density at radius 2 is 1.93 bits per heavy atom. The van der Waals surface area contributed by atoms with Crippen LogP contribution in [0.2, 0.25) is 0 Å². The molecule has 2 atom stereocenters. The van der Waals surface area contributed by atoms with Gasteiger partial charge in [0.25, 0.3) is 5.91 Å². The lowest BCUT2D eigenvalue weighted by Gasteiger charge is -2.36.